The van der Waals surface area contributed by atoms with Crippen LogP contribution in [0.4, 0.5) is 0 Å². The van der Waals surface area contributed by atoms with Gasteiger partial charge in [-0.2, -0.15) is 11.8 Å². The van der Waals surface area contributed by atoms with Crippen molar-refractivity contribution in [3.05, 3.63) is 17.8 Å². The van der Waals surface area contributed by atoms with Crippen molar-refractivity contribution in [2.75, 3.05) is 17.3 Å². The standard InChI is InChI=1S/C13H15N3O2S2/c1-8-2-4-14-12-11(8)15-13(20-7-10(17)18)16(12)9-3-5-19-6-9/h2,4,9H,3,5-7H2,1H3,(H,17,18). The maximum Gasteiger partial charge on any atom is 0.313 e. The number of nitrogens with zero attached hydrogens (tertiary/aromatic N) is 3. The summed E-state index contributed by atoms with van der Waals surface area (Å²) in [5.41, 5.74) is 2.85. The molecular weight excluding hydrogens is 294 g/mol. The number of thioether (sulfide) groups is 2. The molecule has 1 aliphatic rings. The van der Waals surface area contributed by atoms with Crippen LogP contribution in [0.2, 0.25) is 0 Å². The first-order chi connectivity index (χ1) is 9.66. The maximum atomic E-state index is 10.8. The molecule has 1 N–H and O–H groups in total. The average molecular weight is 309 g/mol. The average Bonchev–Trinajstić information content (AvgIpc) is 3.03. The van der Waals surface area contributed by atoms with Crippen LogP contribution in [-0.4, -0.2) is 42.9 Å². The number of rotatable bonds is 4. The molecule has 0 radical (unpaired) electrons. The maximum absolute atomic E-state index is 10.8. The summed E-state index contributed by atoms with van der Waals surface area (Å²) >= 11 is 3.20. The number of hydrogen-bond donors (Lipinski definition) is 1. The summed E-state index contributed by atoms with van der Waals surface area (Å²) in [6, 6.07) is 2.31. The lowest BCUT2D eigenvalue weighted by molar-refractivity contribution is -0.133. The summed E-state index contributed by atoms with van der Waals surface area (Å²) in [6.45, 7) is 2.01. The van der Waals surface area contributed by atoms with E-state index >= 15 is 0 Å². The third kappa shape index (κ3) is 2.52. The summed E-state index contributed by atoms with van der Waals surface area (Å²) in [7, 11) is 0. The van der Waals surface area contributed by atoms with Gasteiger partial charge in [-0.1, -0.05) is 11.8 Å². The van der Waals surface area contributed by atoms with Crippen molar-refractivity contribution in [3.8, 4) is 0 Å². The number of aryl methyl sites for hydroxylation is 1. The summed E-state index contributed by atoms with van der Waals surface area (Å²) < 4.78 is 2.13. The lowest BCUT2D eigenvalue weighted by Gasteiger charge is -2.14. The molecule has 1 aliphatic heterocycles. The van der Waals surface area contributed by atoms with Crippen LogP contribution in [0, 0.1) is 6.92 Å². The number of carboxylic acids is 1. The Balaban J connectivity index is 2.08. The number of carboxylic acid groups (broad SMARTS) is 1. The highest BCUT2D eigenvalue weighted by Gasteiger charge is 2.24. The van der Waals surface area contributed by atoms with E-state index in [1.54, 1.807) is 6.20 Å². The minimum atomic E-state index is -0.820. The summed E-state index contributed by atoms with van der Waals surface area (Å²) in [6.07, 6.45) is 2.88. The predicted molar refractivity (Wildman–Crippen MR) is 81.6 cm³/mol. The van der Waals surface area contributed by atoms with Crippen molar-refractivity contribution >= 4 is 40.7 Å². The molecular formula is C13H15N3O2S2. The molecule has 0 saturated carbocycles. The number of aromatic nitrogens is 3. The zero-order valence-corrected chi connectivity index (χ0v) is 12.7. The van der Waals surface area contributed by atoms with Crippen molar-refractivity contribution in [1.82, 2.24) is 14.5 Å². The first kappa shape index (κ1) is 13.8. The number of pyridine rings is 1. The zero-order chi connectivity index (χ0) is 14.1. The highest BCUT2D eigenvalue weighted by atomic mass is 32.2. The van der Waals surface area contributed by atoms with E-state index in [2.05, 4.69) is 14.5 Å². The van der Waals surface area contributed by atoms with Crippen molar-refractivity contribution < 1.29 is 9.90 Å². The second-order valence-corrected chi connectivity index (χ2v) is 6.86. The highest BCUT2D eigenvalue weighted by Crippen LogP contribution is 2.35. The Labute approximate surface area is 125 Å². The Morgan fingerprint density at radius 1 is 1.65 bits per heavy atom. The van der Waals surface area contributed by atoms with Crippen molar-refractivity contribution in [2.45, 2.75) is 24.5 Å². The minimum absolute atomic E-state index is 0.0300. The van der Waals surface area contributed by atoms with E-state index in [0.717, 1.165) is 39.8 Å². The second kappa shape index (κ2) is 5.65. The Hall–Kier alpha value is -1.21. The van der Waals surface area contributed by atoms with Crippen LogP contribution >= 0.6 is 23.5 Å². The van der Waals surface area contributed by atoms with Crippen molar-refractivity contribution in [3.63, 3.8) is 0 Å². The molecule has 7 heteroatoms. The first-order valence-electron chi connectivity index (χ1n) is 6.42. The summed E-state index contributed by atoms with van der Waals surface area (Å²) in [5.74, 6) is 1.39. The smallest absolute Gasteiger partial charge is 0.313 e. The molecule has 1 fully saturated rings. The van der Waals surface area contributed by atoms with Gasteiger partial charge in [0, 0.05) is 18.0 Å². The molecule has 0 aromatic carbocycles. The van der Waals surface area contributed by atoms with E-state index in [0.29, 0.717) is 6.04 Å². The molecule has 0 spiro atoms. The van der Waals surface area contributed by atoms with Crippen LogP contribution in [-0.2, 0) is 4.79 Å². The molecule has 0 aliphatic carbocycles. The van der Waals surface area contributed by atoms with E-state index < -0.39 is 5.97 Å². The van der Waals surface area contributed by atoms with Crippen molar-refractivity contribution in [2.24, 2.45) is 0 Å². The molecule has 3 heterocycles. The quantitative estimate of drug-likeness (QED) is 0.876. The second-order valence-electron chi connectivity index (χ2n) is 4.76. The molecule has 2 aromatic rings. The molecule has 1 atom stereocenters. The topological polar surface area (TPSA) is 68.0 Å². The molecule has 0 bridgehead atoms. The van der Waals surface area contributed by atoms with Crippen molar-refractivity contribution in [1.29, 1.82) is 0 Å². The van der Waals surface area contributed by atoms with E-state index in [1.165, 1.54) is 11.8 Å². The fourth-order valence-electron chi connectivity index (χ4n) is 2.37. The third-order valence-electron chi connectivity index (χ3n) is 3.34. The van der Waals surface area contributed by atoms with Gasteiger partial charge in [-0.15, -0.1) is 0 Å². The van der Waals surface area contributed by atoms with E-state index in [4.69, 9.17) is 5.11 Å². The highest BCUT2D eigenvalue weighted by molar-refractivity contribution is 8.00. The largest absolute Gasteiger partial charge is 0.481 e. The Morgan fingerprint density at radius 3 is 3.20 bits per heavy atom. The van der Waals surface area contributed by atoms with Gasteiger partial charge in [-0.3, -0.25) is 9.36 Å². The Bertz CT molecular complexity index is 650. The summed E-state index contributed by atoms with van der Waals surface area (Å²) in [4.78, 5) is 19.9. The molecule has 0 amide bonds. The van der Waals surface area contributed by atoms with Crippen LogP contribution in [0.3, 0.4) is 0 Å². The lowest BCUT2D eigenvalue weighted by atomic mass is 10.2. The molecule has 5 nitrogen and oxygen atoms in total. The molecule has 2 aromatic heterocycles. The molecule has 3 rings (SSSR count). The Morgan fingerprint density at radius 2 is 2.50 bits per heavy atom. The monoisotopic (exact) mass is 309 g/mol. The number of carbonyl (C=O) groups is 1. The molecule has 1 unspecified atom stereocenters. The van der Waals surface area contributed by atoms with Gasteiger partial charge in [0.2, 0.25) is 0 Å². The van der Waals surface area contributed by atoms with Crippen LogP contribution in [0.25, 0.3) is 11.2 Å². The van der Waals surface area contributed by atoms with Gasteiger partial charge in [0.1, 0.15) is 5.52 Å². The lowest BCUT2D eigenvalue weighted by Crippen LogP contribution is -2.10. The van der Waals surface area contributed by atoms with Gasteiger partial charge in [-0.05, 0) is 30.7 Å². The normalized spacial score (nSPS) is 18.8. The minimum Gasteiger partial charge on any atom is -0.481 e. The molecule has 1 saturated heterocycles. The third-order valence-corrected chi connectivity index (χ3v) is 5.43. The number of fused-ring (bicyclic) bond motifs is 1. The van der Waals surface area contributed by atoms with Gasteiger partial charge < -0.3 is 5.11 Å². The van der Waals surface area contributed by atoms with Gasteiger partial charge >= 0.3 is 5.97 Å². The predicted octanol–water partition coefficient (Wildman–Crippen LogP) is 2.59. The van der Waals surface area contributed by atoms with Gasteiger partial charge in [0.25, 0.3) is 0 Å². The van der Waals surface area contributed by atoms with E-state index in [9.17, 15) is 4.79 Å². The van der Waals surface area contributed by atoms with Crippen LogP contribution < -0.4 is 0 Å². The molecule has 20 heavy (non-hydrogen) atoms. The summed E-state index contributed by atoms with van der Waals surface area (Å²) in [5, 5.41) is 9.66. The van der Waals surface area contributed by atoms with Crippen LogP contribution in [0.5, 0.6) is 0 Å². The Kier molecular flexibility index (Phi) is 3.89. The fraction of sp³-hybridized carbons (Fsp3) is 0.462. The number of imidazole rings is 1. The van der Waals surface area contributed by atoms with E-state index in [-0.39, 0.29) is 5.75 Å². The van der Waals surface area contributed by atoms with Crippen LogP contribution in [0.1, 0.15) is 18.0 Å². The zero-order valence-electron chi connectivity index (χ0n) is 11.1. The number of hydrogen-bond acceptors (Lipinski definition) is 5. The number of aliphatic carboxylic acids is 1. The van der Waals surface area contributed by atoms with Crippen LogP contribution in [0.15, 0.2) is 17.4 Å². The van der Waals surface area contributed by atoms with Gasteiger partial charge in [-0.25, -0.2) is 9.97 Å². The molecule has 106 valence electrons. The fourth-order valence-corrected chi connectivity index (χ4v) is 4.35. The van der Waals surface area contributed by atoms with Gasteiger partial charge in [0.15, 0.2) is 10.8 Å². The first-order valence-corrected chi connectivity index (χ1v) is 8.56. The SMILES string of the molecule is Cc1ccnc2c1nc(SCC(=O)O)n2C1CCSC1. The van der Waals surface area contributed by atoms with E-state index in [1.807, 2.05) is 24.8 Å². The van der Waals surface area contributed by atoms with Gasteiger partial charge in [0.05, 0.1) is 5.75 Å².